The lowest BCUT2D eigenvalue weighted by Crippen LogP contribution is -2.52. The SMILES string of the molecule is CN1c2ccccc2N(C)C2C=CC=CC21. The number of hydrogen-bond acceptors (Lipinski definition) is 2. The van der Waals surface area contributed by atoms with Crippen LogP contribution >= 0.6 is 0 Å². The summed E-state index contributed by atoms with van der Waals surface area (Å²) in [4.78, 5) is 4.72. The van der Waals surface area contributed by atoms with E-state index in [1.165, 1.54) is 11.4 Å². The molecule has 0 fully saturated rings. The third-order valence-corrected chi connectivity index (χ3v) is 3.61. The van der Waals surface area contributed by atoms with Gasteiger partial charge in [0.25, 0.3) is 0 Å². The van der Waals surface area contributed by atoms with Crippen molar-refractivity contribution >= 4 is 11.4 Å². The lowest BCUT2D eigenvalue weighted by Gasteiger charge is -2.46. The van der Waals surface area contributed by atoms with Crippen LogP contribution in [0.25, 0.3) is 0 Å². The zero-order chi connectivity index (χ0) is 11.1. The Morgan fingerprint density at radius 3 is 1.69 bits per heavy atom. The highest BCUT2D eigenvalue weighted by Crippen LogP contribution is 2.37. The molecule has 1 heterocycles. The molecule has 1 aromatic rings. The van der Waals surface area contributed by atoms with Crippen molar-refractivity contribution < 1.29 is 0 Å². The smallest absolute Gasteiger partial charge is 0.0713 e. The summed E-state index contributed by atoms with van der Waals surface area (Å²) >= 11 is 0. The standard InChI is InChI=1S/C14H16N2/c1-15-11-7-3-5-9-13(11)16(2)14-10-6-4-8-12(14)15/h3-11,13H,1-2H3. The molecule has 2 atom stereocenters. The van der Waals surface area contributed by atoms with Gasteiger partial charge >= 0.3 is 0 Å². The molecule has 0 bridgehead atoms. The molecule has 0 saturated heterocycles. The lowest BCUT2D eigenvalue weighted by molar-refractivity contribution is 0.603. The molecule has 0 N–H and O–H groups in total. The Bertz CT molecular complexity index is 419. The van der Waals surface area contributed by atoms with Gasteiger partial charge in [-0.15, -0.1) is 0 Å². The van der Waals surface area contributed by atoms with Crippen molar-refractivity contribution in [3.05, 3.63) is 48.6 Å². The number of allylic oxidation sites excluding steroid dienone is 2. The van der Waals surface area contributed by atoms with Gasteiger partial charge in [0.15, 0.2) is 0 Å². The van der Waals surface area contributed by atoms with Crippen LogP contribution in [0.3, 0.4) is 0 Å². The Morgan fingerprint density at radius 2 is 1.25 bits per heavy atom. The normalized spacial score (nSPS) is 26.6. The van der Waals surface area contributed by atoms with Gasteiger partial charge in [-0.2, -0.15) is 0 Å². The van der Waals surface area contributed by atoms with Crippen LogP contribution < -0.4 is 9.80 Å². The summed E-state index contributed by atoms with van der Waals surface area (Å²) in [6.07, 6.45) is 8.83. The molecule has 1 aliphatic heterocycles. The summed E-state index contributed by atoms with van der Waals surface area (Å²) in [6.45, 7) is 0. The zero-order valence-electron chi connectivity index (χ0n) is 9.67. The molecule has 2 aliphatic rings. The quantitative estimate of drug-likeness (QED) is 0.651. The van der Waals surface area contributed by atoms with E-state index in [9.17, 15) is 0 Å². The minimum Gasteiger partial charge on any atom is -0.364 e. The van der Waals surface area contributed by atoms with Crippen LogP contribution in [0.15, 0.2) is 48.6 Å². The molecule has 0 radical (unpaired) electrons. The van der Waals surface area contributed by atoms with E-state index in [0.717, 1.165) is 0 Å². The third kappa shape index (κ3) is 1.19. The van der Waals surface area contributed by atoms with Crippen LogP contribution in [0.1, 0.15) is 0 Å². The number of nitrogens with zero attached hydrogens (tertiary/aromatic N) is 2. The molecule has 0 aromatic heterocycles. The van der Waals surface area contributed by atoms with E-state index in [1.807, 2.05) is 0 Å². The molecular formula is C14H16N2. The molecule has 1 aliphatic carbocycles. The summed E-state index contributed by atoms with van der Waals surface area (Å²) in [7, 11) is 4.35. The molecule has 16 heavy (non-hydrogen) atoms. The molecule has 2 nitrogen and oxygen atoms in total. The number of anilines is 2. The minimum atomic E-state index is 0.449. The predicted molar refractivity (Wildman–Crippen MR) is 69.1 cm³/mol. The molecule has 2 unspecified atom stereocenters. The van der Waals surface area contributed by atoms with Gasteiger partial charge < -0.3 is 9.80 Å². The number of rotatable bonds is 0. The van der Waals surface area contributed by atoms with Crippen LogP contribution in [0.4, 0.5) is 11.4 Å². The van der Waals surface area contributed by atoms with Gasteiger partial charge in [-0.05, 0) is 12.1 Å². The molecule has 2 heteroatoms. The van der Waals surface area contributed by atoms with Gasteiger partial charge in [0.2, 0.25) is 0 Å². The third-order valence-electron chi connectivity index (χ3n) is 3.61. The monoisotopic (exact) mass is 212 g/mol. The highest BCUT2D eigenvalue weighted by atomic mass is 15.3. The van der Waals surface area contributed by atoms with Crippen molar-refractivity contribution in [1.82, 2.24) is 0 Å². The van der Waals surface area contributed by atoms with Crippen LogP contribution in [0.2, 0.25) is 0 Å². The average Bonchev–Trinajstić information content (AvgIpc) is 2.36. The Labute approximate surface area is 96.5 Å². The van der Waals surface area contributed by atoms with Crippen molar-refractivity contribution in [3.63, 3.8) is 0 Å². The molecular weight excluding hydrogens is 196 g/mol. The highest BCUT2D eigenvalue weighted by Gasteiger charge is 2.33. The van der Waals surface area contributed by atoms with E-state index in [2.05, 4.69) is 72.5 Å². The summed E-state index contributed by atoms with van der Waals surface area (Å²) in [6, 6.07) is 9.48. The minimum absolute atomic E-state index is 0.449. The van der Waals surface area contributed by atoms with Crippen LogP contribution in [-0.2, 0) is 0 Å². The fraction of sp³-hybridized carbons (Fsp3) is 0.286. The summed E-state index contributed by atoms with van der Waals surface area (Å²) < 4.78 is 0. The van der Waals surface area contributed by atoms with Gasteiger partial charge in [-0.25, -0.2) is 0 Å². The van der Waals surface area contributed by atoms with Crippen molar-refractivity contribution in [2.24, 2.45) is 0 Å². The van der Waals surface area contributed by atoms with E-state index in [4.69, 9.17) is 0 Å². The van der Waals surface area contributed by atoms with Crippen LogP contribution in [0.5, 0.6) is 0 Å². The second kappa shape index (κ2) is 3.41. The fourth-order valence-electron chi connectivity index (χ4n) is 2.68. The highest BCUT2D eigenvalue weighted by molar-refractivity contribution is 5.75. The van der Waals surface area contributed by atoms with Gasteiger partial charge in [-0.1, -0.05) is 36.4 Å². The van der Waals surface area contributed by atoms with E-state index in [0.29, 0.717) is 12.1 Å². The fourth-order valence-corrected chi connectivity index (χ4v) is 2.68. The maximum absolute atomic E-state index is 2.36. The van der Waals surface area contributed by atoms with Gasteiger partial charge in [-0.3, -0.25) is 0 Å². The predicted octanol–water partition coefficient (Wildman–Crippen LogP) is 2.44. The van der Waals surface area contributed by atoms with Crippen LogP contribution in [-0.4, -0.2) is 26.2 Å². The average molecular weight is 212 g/mol. The summed E-state index contributed by atoms with van der Waals surface area (Å²) in [5.41, 5.74) is 2.62. The first kappa shape index (κ1) is 9.52. The van der Waals surface area contributed by atoms with E-state index in [1.54, 1.807) is 0 Å². The molecule has 0 spiro atoms. The summed E-state index contributed by atoms with van der Waals surface area (Å²) in [5, 5.41) is 0. The first-order chi connectivity index (χ1) is 7.79. The largest absolute Gasteiger partial charge is 0.364 e. The van der Waals surface area contributed by atoms with Crippen molar-refractivity contribution in [2.75, 3.05) is 23.9 Å². The van der Waals surface area contributed by atoms with Crippen molar-refractivity contribution in [2.45, 2.75) is 12.1 Å². The van der Waals surface area contributed by atoms with E-state index < -0.39 is 0 Å². The molecule has 3 rings (SSSR count). The van der Waals surface area contributed by atoms with Crippen molar-refractivity contribution in [1.29, 1.82) is 0 Å². The maximum Gasteiger partial charge on any atom is 0.0713 e. The van der Waals surface area contributed by atoms with Gasteiger partial charge in [0.05, 0.1) is 23.5 Å². The zero-order valence-corrected chi connectivity index (χ0v) is 9.67. The summed E-state index contributed by atoms with van der Waals surface area (Å²) in [5.74, 6) is 0. The molecule has 1 aromatic carbocycles. The Kier molecular flexibility index (Phi) is 2.03. The number of benzene rings is 1. The number of fused-ring (bicyclic) bond motifs is 2. The van der Waals surface area contributed by atoms with Crippen molar-refractivity contribution in [3.8, 4) is 0 Å². The number of likely N-dealkylation sites (N-methyl/N-ethyl adjacent to an activating group) is 2. The number of para-hydroxylation sites is 2. The van der Waals surface area contributed by atoms with E-state index in [-0.39, 0.29) is 0 Å². The Balaban J connectivity index is 2.13. The maximum atomic E-state index is 2.36. The molecule has 82 valence electrons. The molecule has 0 amide bonds. The van der Waals surface area contributed by atoms with E-state index >= 15 is 0 Å². The molecule has 0 saturated carbocycles. The number of hydrogen-bond donors (Lipinski definition) is 0. The second-order valence-electron chi connectivity index (χ2n) is 4.46. The topological polar surface area (TPSA) is 6.48 Å². The second-order valence-corrected chi connectivity index (χ2v) is 4.46. The first-order valence-electron chi connectivity index (χ1n) is 5.69. The van der Waals surface area contributed by atoms with Crippen LogP contribution in [0, 0.1) is 0 Å². The Hall–Kier alpha value is -1.70. The first-order valence-corrected chi connectivity index (χ1v) is 5.69. The Morgan fingerprint density at radius 1 is 0.812 bits per heavy atom. The lowest BCUT2D eigenvalue weighted by atomic mass is 9.95. The van der Waals surface area contributed by atoms with Gasteiger partial charge in [0, 0.05) is 14.1 Å². The van der Waals surface area contributed by atoms with Gasteiger partial charge in [0.1, 0.15) is 0 Å².